The Hall–Kier alpha value is -2.36. The van der Waals surface area contributed by atoms with E-state index < -0.39 is 0 Å². The molecule has 0 heterocycles. The monoisotopic (exact) mass is 312 g/mol. The van der Waals surface area contributed by atoms with Gasteiger partial charge in [-0.3, -0.25) is 4.79 Å². The van der Waals surface area contributed by atoms with Crippen LogP contribution in [0.4, 0.5) is 10.1 Å². The minimum Gasteiger partial charge on any atom is -0.399 e. The third-order valence-electron chi connectivity index (χ3n) is 4.59. The number of hydrogen-bond donors (Lipinski definition) is 2. The average Bonchev–Trinajstić information content (AvgIpc) is 3.33. The molecule has 120 valence electrons. The van der Waals surface area contributed by atoms with Crippen molar-refractivity contribution in [2.45, 2.75) is 31.1 Å². The van der Waals surface area contributed by atoms with E-state index in [0.29, 0.717) is 19.4 Å². The number of halogens is 1. The number of rotatable bonds is 6. The minimum atomic E-state index is -0.223. The number of amides is 1. The number of carbonyl (C=O) groups excluding carboxylic acids is 1. The van der Waals surface area contributed by atoms with Gasteiger partial charge in [-0.25, -0.2) is 4.39 Å². The van der Waals surface area contributed by atoms with Crippen LogP contribution in [0.5, 0.6) is 0 Å². The van der Waals surface area contributed by atoms with Gasteiger partial charge in [-0.1, -0.05) is 30.3 Å². The molecule has 0 atom stereocenters. The topological polar surface area (TPSA) is 55.1 Å². The first-order valence-electron chi connectivity index (χ1n) is 7.95. The molecule has 1 aliphatic rings. The highest BCUT2D eigenvalue weighted by Gasteiger charge is 2.44. The number of para-hydroxylation sites is 1. The number of benzene rings is 2. The molecule has 0 saturated heterocycles. The maximum Gasteiger partial charge on any atom is 0.220 e. The quantitative estimate of drug-likeness (QED) is 0.805. The second-order valence-corrected chi connectivity index (χ2v) is 6.27. The Bertz CT molecular complexity index is 710. The zero-order valence-electron chi connectivity index (χ0n) is 13.0. The summed E-state index contributed by atoms with van der Waals surface area (Å²) in [6.45, 7) is 0.569. The van der Waals surface area contributed by atoms with E-state index in [0.717, 1.165) is 29.7 Å². The van der Waals surface area contributed by atoms with Crippen molar-refractivity contribution in [3.63, 3.8) is 0 Å². The van der Waals surface area contributed by atoms with Crippen molar-refractivity contribution in [1.82, 2.24) is 5.32 Å². The van der Waals surface area contributed by atoms with E-state index in [4.69, 9.17) is 5.73 Å². The molecular formula is C19H21FN2O. The third kappa shape index (κ3) is 3.70. The molecule has 1 aliphatic carbocycles. The predicted octanol–water partition coefficient (Wildman–Crippen LogP) is 3.19. The Morgan fingerprint density at radius 1 is 1.17 bits per heavy atom. The van der Waals surface area contributed by atoms with Gasteiger partial charge in [0, 0.05) is 24.1 Å². The molecule has 2 aromatic carbocycles. The van der Waals surface area contributed by atoms with Gasteiger partial charge in [0.2, 0.25) is 5.91 Å². The third-order valence-corrected chi connectivity index (χ3v) is 4.59. The number of aryl methyl sites for hydroxylation is 1. The lowest BCUT2D eigenvalue weighted by molar-refractivity contribution is -0.121. The van der Waals surface area contributed by atoms with Crippen molar-refractivity contribution in [1.29, 1.82) is 0 Å². The van der Waals surface area contributed by atoms with E-state index in [2.05, 4.69) is 5.32 Å². The van der Waals surface area contributed by atoms with E-state index >= 15 is 0 Å². The van der Waals surface area contributed by atoms with E-state index in [9.17, 15) is 9.18 Å². The second-order valence-electron chi connectivity index (χ2n) is 6.27. The van der Waals surface area contributed by atoms with Crippen LogP contribution in [0.15, 0.2) is 48.5 Å². The van der Waals surface area contributed by atoms with Crippen LogP contribution in [-0.2, 0) is 16.6 Å². The summed E-state index contributed by atoms with van der Waals surface area (Å²) in [6, 6.07) is 14.3. The number of anilines is 1. The van der Waals surface area contributed by atoms with Gasteiger partial charge < -0.3 is 11.1 Å². The second kappa shape index (κ2) is 6.41. The van der Waals surface area contributed by atoms with E-state index in [1.807, 2.05) is 30.3 Å². The maximum absolute atomic E-state index is 13.4. The van der Waals surface area contributed by atoms with Gasteiger partial charge in [0.25, 0.3) is 0 Å². The van der Waals surface area contributed by atoms with Gasteiger partial charge in [0.15, 0.2) is 0 Å². The molecule has 1 saturated carbocycles. The van der Waals surface area contributed by atoms with Crippen LogP contribution >= 0.6 is 0 Å². The molecular weight excluding hydrogens is 291 g/mol. The van der Waals surface area contributed by atoms with Gasteiger partial charge in [-0.2, -0.15) is 0 Å². The Kier molecular flexibility index (Phi) is 4.33. The minimum absolute atomic E-state index is 0.0101. The summed E-state index contributed by atoms with van der Waals surface area (Å²) in [7, 11) is 0. The largest absolute Gasteiger partial charge is 0.399 e. The van der Waals surface area contributed by atoms with Gasteiger partial charge in [0.05, 0.1) is 0 Å². The Morgan fingerprint density at radius 2 is 1.96 bits per heavy atom. The zero-order chi connectivity index (χ0) is 16.3. The van der Waals surface area contributed by atoms with Gasteiger partial charge >= 0.3 is 0 Å². The van der Waals surface area contributed by atoms with Crippen LogP contribution in [-0.4, -0.2) is 12.5 Å². The smallest absolute Gasteiger partial charge is 0.220 e. The maximum atomic E-state index is 13.4. The lowest BCUT2D eigenvalue weighted by atomic mass is 9.95. The van der Waals surface area contributed by atoms with Crippen LogP contribution < -0.4 is 11.1 Å². The molecule has 3 rings (SSSR count). The van der Waals surface area contributed by atoms with Crippen molar-refractivity contribution in [3.05, 3.63) is 65.5 Å². The van der Waals surface area contributed by atoms with Crippen LogP contribution in [0, 0.1) is 5.82 Å². The molecule has 23 heavy (non-hydrogen) atoms. The highest BCUT2D eigenvalue weighted by Crippen LogP contribution is 2.47. The molecule has 3 N–H and O–H groups in total. The van der Waals surface area contributed by atoms with Crippen LogP contribution in [0.2, 0.25) is 0 Å². The van der Waals surface area contributed by atoms with E-state index in [1.54, 1.807) is 12.1 Å². The summed E-state index contributed by atoms with van der Waals surface area (Å²) in [5.74, 6) is -0.212. The Balaban J connectivity index is 1.52. The standard InChI is InChI=1S/C19H21FN2O/c20-16-6-3-5-15(12-16)19(10-11-19)13-22-18(23)9-8-14-4-1-2-7-17(14)21/h1-7,12H,8-11,13,21H2,(H,22,23). The molecule has 0 spiro atoms. The van der Waals surface area contributed by atoms with Crippen molar-refractivity contribution >= 4 is 11.6 Å². The van der Waals surface area contributed by atoms with E-state index in [-0.39, 0.29) is 17.1 Å². The number of nitrogens with two attached hydrogens (primary N) is 1. The normalized spacial score (nSPS) is 15.2. The lowest BCUT2D eigenvalue weighted by Gasteiger charge is -2.17. The number of hydrogen-bond acceptors (Lipinski definition) is 2. The summed E-state index contributed by atoms with van der Waals surface area (Å²) in [6.07, 6.45) is 3.02. The molecule has 0 radical (unpaired) electrons. The molecule has 1 amide bonds. The van der Waals surface area contributed by atoms with Crippen LogP contribution in [0.1, 0.15) is 30.4 Å². The highest BCUT2D eigenvalue weighted by molar-refractivity contribution is 5.76. The summed E-state index contributed by atoms with van der Waals surface area (Å²) in [5.41, 5.74) is 8.50. The van der Waals surface area contributed by atoms with Crippen molar-refractivity contribution < 1.29 is 9.18 Å². The number of nitrogens with one attached hydrogen (secondary N) is 1. The lowest BCUT2D eigenvalue weighted by Crippen LogP contribution is -2.32. The fraction of sp³-hybridized carbons (Fsp3) is 0.316. The first kappa shape index (κ1) is 15.5. The predicted molar refractivity (Wildman–Crippen MR) is 89.5 cm³/mol. The molecule has 3 nitrogen and oxygen atoms in total. The number of carbonyl (C=O) groups is 1. The van der Waals surface area contributed by atoms with Gasteiger partial charge in [-0.05, 0) is 48.6 Å². The van der Waals surface area contributed by atoms with Gasteiger partial charge in [0.1, 0.15) is 5.82 Å². The van der Waals surface area contributed by atoms with Crippen LogP contribution in [0.3, 0.4) is 0 Å². The Morgan fingerprint density at radius 3 is 2.65 bits per heavy atom. The zero-order valence-corrected chi connectivity index (χ0v) is 13.0. The first-order chi connectivity index (χ1) is 11.1. The number of nitrogen functional groups attached to an aromatic ring is 1. The van der Waals surface area contributed by atoms with Crippen molar-refractivity contribution in [3.8, 4) is 0 Å². The van der Waals surface area contributed by atoms with Crippen LogP contribution in [0.25, 0.3) is 0 Å². The summed E-state index contributed by atoms with van der Waals surface area (Å²) in [5, 5.41) is 2.99. The molecule has 2 aromatic rings. The van der Waals surface area contributed by atoms with E-state index in [1.165, 1.54) is 6.07 Å². The fourth-order valence-corrected chi connectivity index (χ4v) is 2.90. The Labute approximate surface area is 135 Å². The molecule has 0 aromatic heterocycles. The molecule has 4 heteroatoms. The SMILES string of the molecule is Nc1ccccc1CCC(=O)NCC1(c2cccc(F)c2)CC1. The molecule has 1 fully saturated rings. The summed E-state index contributed by atoms with van der Waals surface area (Å²) >= 11 is 0. The summed E-state index contributed by atoms with van der Waals surface area (Å²) < 4.78 is 13.4. The molecule has 0 bridgehead atoms. The molecule has 0 aliphatic heterocycles. The highest BCUT2D eigenvalue weighted by atomic mass is 19.1. The first-order valence-corrected chi connectivity index (χ1v) is 7.95. The summed E-state index contributed by atoms with van der Waals surface area (Å²) in [4.78, 5) is 12.1. The fourth-order valence-electron chi connectivity index (χ4n) is 2.90. The van der Waals surface area contributed by atoms with Gasteiger partial charge in [-0.15, -0.1) is 0 Å². The van der Waals surface area contributed by atoms with Crippen molar-refractivity contribution in [2.24, 2.45) is 0 Å². The average molecular weight is 312 g/mol. The molecule has 0 unspecified atom stereocenters. The van der Waals surface area contributed by atoms with Crippen molar-refractivity contribution in [2.75, 3.05) is 12.3 Å².